The third kappa shape index (κ3) is 6.15. The maximum atomic E-state index is 15.9. The van der Waals surface area contributed by atoms with Crippen LogP contribution in [0.1, 0.15) is 47.4 Å². The van der Waals surface area contributed by atoms with Crippen LogP contribution in [0.3, 0.4) is 0 Å². The van der Waals surface area contributed by atoms with E-state index in [1.54, 1.807) is 50.5 Å². The molecule has 0 bridgehead atoms. The van der Waals surface area contributed by atoms with Gasteiger partial charge in [0.15, 0.2) is 23.1 Å². The number of ether oxygens (including phenoxy) is 2. The van der Waals surface area contributed by atoms with Crippen molar-refractivity contribution < 1.29 is 23.0 Å². The van der Waals surface area contributed by atoms with Gasteiger partial charge in [0.1, 0.15) is 11.5 Å². The average Bonchev–Trinajstić information content (AvgIpc) is 3.01. The van der Waals surface area contributed by atoms with Crippen LogP contribution < -0.4 is 30.3 Å². The number of aliphatic imine (C=N–C) groups is 1. The summed E-state index contributed by atoms with van der Waals surface area (Å²) in [6, 6.07) is 10.3. The Morgan fingerprint density at radius 2 is 1.79 bits per heavy atom. The van der Waals surface area contributed by atoms with Crippen LogP contribution in [0.4, 0.5) is 20.2 Å². The lowest BCUT2D eigenvalue weighted by Crippen LogP contribution is -2.41. The summed E-state index contributed by atoms with van der Waals surface area (Å²) in [5.41, 5.74) is 10.6. The Kier molecular flexibility index (Phi) is 9.64. The molecule has 11 heteroatoms. The van der Waals surface area contributed by atoms with Crippen LogP contribution in [0.25, 0.3) is 5.57 Å². The number of allylic oxidation sites excluding steroid dienone is 3. The lowest BCUT2D eigenvalue weighted by atomic mass is 10.0. The van der Waals surface area contributed by atoms with Gasteiger partial charge < -0.3 is 30.3 Å². The fraction of sp³-hybridized carbons (Fsp3) is 0.281. The second-order valence-corrected chi connectivity index (χ2v) is 9.86. The number of fused-ring (bicyclic) bond motifs is 1. The van der Waals surface area contributed by atoms with Gasteiger partial charge in [-0.15, -0.1) is 0 Å². The Labute approximate surface area is 250 Å². The van der Waals surface area contributed by atoms with E-state index in [-0.39, 0.29) is 29.6 Å². The monoisotopic (exact) mass is 590 g/mol. The standard InChI is InChI=1S/C32H36F2N6O3/c1-7-8-28-39(17-20-9-11-21(12-10-20)32(41)37-4)25-13-24(23(16-36-3)19(2)35)38-15-22(25)18-40(28)31-29(33)26(42-5)14-27(43-6)30(31)34/h8-16H,7,17-18,35H2,1-6H3,(H,37,41)/b23-19?,28-8-,36-16?. The van der Waals surface area contributed by atoms with Crippen molar-refractivity contribution in [1.82, 2.24) is 10.3 Å². The first-order valence-electron chi connectivity index (χ1n) is 13.7. The minimum Gasteiger partial charge on any atom is -0.493 e. The first-order chi connectivity index (χ1) is 20.7. The Balaban J connectivity index is 1.95. The van der Waals surface area contributed by atoms with Crippen molar-refractivity contribution in [2.75, 3.05) is 38.1 Å². The summed E-state index contributed by atoms with van der Waals surface area (Å²) in [5, 5.41) is 2.62. The lowest BCUT2D eigenvalue weighted by molar-refractivity contribution is 0.0963. The van der Waals surface area contributed by atoms with Crippen LogP contribution in [0, 0.1) is 11.6 Å². The zero-order valence-electron chi connectivity index (χ0n) is 25.2. The molecule has 0 saturated carbocycles. The van der Waals surface area contributed by atoms with E-state index < -0.39 is 11.6 Å². The van der Waals surface area contributed by atoms with Crippen molar-refractivity contribution in [1.29, 1.82) is 0 Å². The molecule has 0 aliphatic carbocycles. The molecule has 0 spiro atoms. The molecule has 9 nitrogen and oxygen atoms in total. The van der Waals surface area contributed by atoms with Crippen molar-refractivity contribution in [2.24, 2.45) is 10.7 Å². The molecule has 2 aromatic carbocycles. The predicted molar refractivity (Wildman–Crippen MR) is 165 cm³/mol. The van der Waals surface area contributed by atoms with Crippen LogP contribution in [-0.2, 0) is 13.1 Å². The number of pyridine rings is 1. The molecule has 0 unspecified atom stereocenters. The van der Waals surface area contributed by atoms with Gasteiger partial charge in [0.25, 0.3) is 5.91 Å². The van der Waals surface area contributed by atoms with Gasteiger partial charge in [0.2, 0.25) is 0 Å². The number of hydrogen-bond donors (Lipinski definition) is 2. The van der Waals surface area contributed by atoms with E-state index >= 15 is 8.78 Å². The van der Waals surface area contributed by atoms with Crippen LogP contribution in [0.2, 0.25) is 0 Å². The maximum Gasteiger partial charge on any atom is 0.251 e. The SMILES string of the molecule is CC/C=C1/N(Cc2ccc(C(=O)NC)cc2)c2cc(C(C=NC)=C(C)N)ncc2CN1c1c(F)c(OC)cc(OC)c1F. The molecular formula is C32H36F2N6O3. The summed E-state index contributed by atoms with van der Waals surface area (Å²) < 4.78 is 42.2. The molecule has 3 aromatic rings. The van der Waals surface area contributed by atoms with Gasteiger partial charge in [-0.2, -0.15) is 0 Å². The minimum atomic E-state index is -0.853. The number of benzene rings is 2. The van der Waals surface area contributed by atoms with E-state index in [9.17, 15) is 4.79 Å². The van der Waals surface area contributed by atoms with Crippen molar-refractivity contribution in [2.45, 2.75) is 33.4 Å². The Bertz CT molecular complexity index is 1570. The van der Waals surface area contributed by atoms with E-state index in [1.165, 1.54) is 20.3 Å². The van der Waals surface area contributed by atoms with Crippen LogP contribution in [-0.4, -0.2) is 45.4 Å². The van der Waals surface area contributed by atoms with E-state index in [4.69, 9.17) is 15.2 Å². The van der Waals surface area contributed by atoms with Gasteiger partial charge in [-0.1, -0.05) is 19.1 Å². The minimum absolute atomic E-state index is 0.118. The Morgan fingerprint density at radius 3 is 2.33 bits per heavy atom. The summed E-state index contributed by atoms with van der Waals surface area (Å²) in [6.45, 7) is 4.16. The smallest absolute Gasteiger partial charge is 0.251 e. The summed E-state index contributed by atoms with van der Waals surface area (Å²) in [7, 11) is 5.86. The first kappa shape index (κ1) is 31.0. The van der Waals surface area contributed by atoms with Crippen molar-refractivity contribution in [3.8, 4) is 11.5 Å². The lowest BCUT2D eigenvalue weighted by Gasteiger charge is -2.42. The van der Waals surface area contributed by atoms with Crippen molar-refractivity contribution in [3.63, 3.8) is 0 Å². The number of amides is 1. The van der Waals surface area contributed by atoms with Crippen LogP contribution in [0.5, 0.6) is 11.5 Å². The number of halogens is 2. The molecule has 4 rings (SSSR count). The highest BCUT2D eigenvalue weighted by atomic mass is 19.1. The molecule has 0 atom stereocenters. The highest BCUT2D eigenvalue weighted by Gasteiger charge is 2.34. The summed E-state index contributed by atoms with van der Waals surface area (Å²) in [4.78, 5) is 24.5. The second-order valence-electron chi connectivity index (χ2n) is 9.86. The summed E-state index contributed by atoms with van der Waals surface area (Å²) in [5.74, 6) is -1.65. The van der Waals surface area contributed by atoms with Crippen molar-refractivity contribution >= 4 is 29.1 Å². The fourth-order valence-corrected chi connectivity index (χ4v) is 4.97. The molecule has 43 heavy (non-hydrogen) atoms. The molecule has 1 aliphatic rings. The Hall–Kier alpha value is -4.93. The number of nitrogens with one attached hydrogen (secondary N) is 1. The molecule has 1 aromatic heterocycles. The number of aromatic nitrogens is 1. The van der Waals surface area contributed by atoms with Gasteiger partial charge in [0.05, 0.1) is 32.1 Å². The number of carbonyl (C=O) groups excluding carboxylic acids is 1. The number of carbonyl (C=O) groups is 1. The molecule has 226 valence electrons. The molecule has 0 saturated heterocycles. The second kappa shape index (κ2) is 13.4. The summed E-state index contributed by atoms with van der Waals surface area (Å²) in [6.07, 6.45) is 5.81. The summed E-state index contributed by atoms with van der Waals surface area (Å²) >= 11 is 0. The van der Waals surface area contributed by atoms with Gasteiger partial charge in [-0.3, -0.25) is 14.8 Å². The molecular weight excluding hydrogens is 554 g/mol. The topological polar surface area (TPSA) is 105 Å². The molecule has 0 fully saturated rings. The Morgan fingerprint density at radius 1 is 1.14 bits per heavy atom. The third-order valence-corrected chi connectivity index (χ3v) is 7.08. The van der Waals surface area contributed by atoms with E-state index in [1.807, 2.05) is 36.1 Å². The van der Waals surface area contributed by atoms with E-state index in [2.05, 4.69) is 15.3 Å². The molecule has 2 heterocycles. The fourth-order valence-electron chi connectivity index (χ4n) is 4.97. The number of methoxy groups -OCH3 is 2. The number of hydrogen-bond acceptors (Lipinski definition) is 8. The van der Waals surface area contributed by atoms with Gasteiger partial charge in [-0.25, -0.2) is 8.78 Å². The van der Waals surface area contributed by atoms with Gasteiger partial charge in [0, 0.05) is 61.5 Å². The van der Waals surface area contributed by atoms with E-state index in [0.717, 1.165) is 16.8 Å². The highest BCUT2D eigenvalue weighted by Crippen LogP contribution is 2.44. The van der Waals surface area contributed by atoms with Crippen LogP contribution >= 0.6 is 0 Å². The molecule has 1 aliphatic heterocycles. The number of nitrogens with two attached hydrogens (primary N) is 1. The third-order valence-electron chi connectivity index (χ3n) is 7.08. The normalized spacial score (nSPS) is 14.6. The van der Waals surface area contributed by atoms with E-state index in [0.29, 0.717) is 41.3 Å². The number of nitrogens with zero attached hydrogens (tertiary/aromatic N) is 4. The number of rotatable bonds is 9. The largest absolute Gasteiger partial charge is 0.493 e. The zero-order chi connectivity index (χ0) is 31.3. The first-order valence-corrected chi connectivity index (χ1v) is 13.7. The number of anilines is 2. The quantitative estimate of drug-likeness (QED) is 0.321. The van der Waals surface area contributed by atoms with Crippen molar-refractivity contribution in [3.05, 3.63) is 94.2 Å². The van der Waals surface area contributed by atoms with Gasteiger partial charge in [-0.05, 0) is 43.2 Å². The molecule has 3 N–H and O–H groups in total. The predicted octanol–water partition coefficient (Wildman–Crippen LogP) is 5.41. The zero-order valence-corrected chi connectivity index (χ0v) is 25.2. The maximum absolute atomic E-state index is 15.9. The molecule has 0 radical (unpaired) electrons. The average molecular weight is 591 g/mol. The highest BCUT2D eigenvalue weighted by molar-refractivity contribution is 6.10. The van der Waals surface area contributed by atoms with Crippen LogP contribution in [0.15, 0.2) is 65.2 Å². The van der Waals surface area contributed by atoms with Gasteiger partial charge >= 0.3 is 0 Å². The molecule has 1 amide bonds.